The number of aromatic amines is 1. The quantitative estimate of drug-likeness (QED) is 0.770. The normalized spacial score (nSPS) is 10.1. The van der Waals surface area contributed by atoms with Crippen molar-refractivity contribution in [1.82, 2.24) is 15.2 Å². The highest BCUT2D eigenvalue weighted by atomic mass is 32.1. The molecule has 14 heavy (non-hydrogen) atoms. The van der Waals surface area contributed by atoms with Crippen molar-refractivity contribution in [1.29, 1.82) is 0 Å². The zero-order valence-electron chi connectivity index (χ0n) is 7.44. The SMILES string of the molecule is CNc1nnc(-c2cc(=O)cc[nH]2)s1. The zero-order chi connectivity index (χ0) is 9.97. The van der Waals surface area contributed by atoms with E-state index in [0.29, 0.717) is 10.7 Å². The van der Waals surface area contributed by atoms with Crippen molar-refractivity contribution in [2.24, 2.45) is 0 Å². The maximum atomic E-state index is 11.1. The Morgan fingerprint density at radius 2 is 2.36 bits per heavy atom. The van der Waals surface area contributed by atoms with Gasteiger partial charge in [0.2, 0.25) is 5.13 Å². The third-order valence-electron chi connectivity index (χ3n) is 1.64. The summed E-state index contributed by atoms with van der Waals surface area (Å²) in [4.78, 5) is 14.0. The Kier molecular flexibility index (Phi) is 2.28. The number of pyridine rings is 1. The van der Waals surface area contributed by atoms with Crippen LogP contribution >= 0.6 is 11.3 Å². The molecule has 0 atom stereocenters. The molecule has 72 valence electrons. The van der Waals surface area contributed by atoms with Crippen molar-refractivity contribution >= 4 is 16.5 Å². The van der Waals surface area contributed by atoms with Gasteiger partial charge < -0.3 is 10.3 Å². The fourth-order valence-electron chi connectivity index (χ4n) is 1.00. The largest absolute Gasteiger partial charge is 0.363 e. The van der Waals surface area contributed by atoms with Crippen LogP contribution in [-0.4, -0.2) is 22.2 Å². The summed E-state index contributed by atoms with van der Waals surface area (Å²) >= 11 is 1.39. The van der Waals surface area contributed by atoms with Crippen LogP contribution in [0.15, 0.2) is 23.1 Å². The number of aromatic nitrogens is 3. The lowest BCUT2D eigenvalue weighted by molar-refractivity contribution is 1.08. The van der Waals surface area contributed by atoms with Crippen LogP contribution in [0, 0.1) is 0 Å². The van der Waals surface area contributed by atoms with E-state index in [4.69, 9.17) is 0 Å². The van der Waals surface area contributed by atoms with Crippen LogP contribution in [0.5, 0.6) is 0 Å². The number of hydrogen-bond acceptors (Lipinski definition) is 5. The molecule has 2 heterocycles. The Morgan fingerprint density at radius 1 is 1.50 bits per heavy atom. The molecule has 0 radical (unpaired) electrons. The summed E-state index contributed by atoms with van der Waals surface area (Å²) in [5, 5.41) is 12.1. The molecule has 0 saturated carbocycles. The Morgan fingerprint density at radius 3 is 3.00 bits per heavy atom. The minimum Gasteiger partial charge on any atom is -0.363 e. The Balaban J connectivity index is 2.44. The lowest BCUT2D eigenvalue weighted by atomic mass is 10.3. The van der Waals surface area contributed by atoms with Crippen molar-refractivity contribution in [2.45, 2.75) is 0 Å². The summed E-state index contributed by atoms with van der Waals surface area (Å²) in [6.45, 7) is 0. The summed E-state index contributed by atoms with van der Waals surface area (Å²) in [5.74, 6) is 0. The highest BCUT2D eigenvalue weighted by molar-refractivity contribution is 7.18. The van der Waals surface area contributed by atoms with E-state index >= 15 is 0 Å². The molecule has 2 N–H and O–H groups in total. The highest BCUT2D eigenvalue weighted by Crippen LogP contribution is 2.22. The topological polar surface area (TPSA) is 70.7 Å². The second-order valence-electron chi connectivity index (χ2n) is 2.60. The van der Waals surface area contributed by atoms with E-state index in [-0.39, 0.29) is 5.43 Å². The average Bonchev–Trinajstić information content (AvgIpc) is 2.66. The van der Waals surface area contributed by atoms with Gasteiger partial charge in [-0.25, -0.2) is 0 Å². The van der Waals surface area contributed by atoms with Gasteiger partial charge in [0.1, 0.15) is 0 Å². The maximum Gasteiger partial charge on any atom is 0.205 e. The molecule has 0 aliphatic heterocycles. The molecule has 0 aliphatic carbocycles. The minimum atomic E-state index is -0.0417. The van der Waals surface area contributed by atoms with Crippen molar-refractivity contribution < 1.29 is 0 Å². The zero-order valence-corrected chi connectivity index (χ0v) is 8.26. The van der Waals surface area contributed by atoms with E-state index in [1.54, 1.807) is 13.2 Å². The lowest BCUT2D eigenvalue weighted by Crippen LogP contribution is -1.97. The number of H-pyrrole nitrogens is 1. The third-order valence-corrected chi connectivity index (χ3v) is 2.62. The van der Waals surface area contributed by atoms with Gasteiger partial charge in [0, 0.05) is 25.4 Å². The molecule has 0 aromatic carbocycles. The van der Waals surface area contributed by atoms with Gasteiger partial charge in [-0.05, 0) is 0 Å². The standard InChI is InChI=1S/C8H8N4OS/c1-9-8-12-11-7(14-8)6-4-5(13)2-3-10-6/h2-4H,1H3,(H,9,12)(H,10,13). The van der Waals surface area contributed by atoms with Gasteiger partial charge in [-0.15, -0.1) is 10.2 Å². The first-order chi connectivity index (χ1) is 6.79. The lowest BCUT2D eigenvalue weighted by Gasteiger charge is -1.92. The molecule has 2 rings (SSSR count). The van der Waals surface area contributed by atoms with Gasteiger partial charge in [-0.1, -0.05) is 11.3 Å². The van der Waals surface area contributed by atoms with Crippen LogP contribution in [0.2, 0.25) is 0 Å². The summed E-state index contributed by atoms with van der Waals surface area (Å²) in [6, 6.07) is 2.96. The summed E-state index contributed by atoms with van der Waals surface area (Å²) in [6.07, 6.45) is 1.60. The van der Waals surface area contributed by atoms with Crippen LogP contribution in [0.25, 0.3) is 10.7 Å². The first-order valence-electron chi connectivity index (χ1n) is 4.00. The second kappa shape index (κ2) is 3.59. The molecule has 0 amide bonds. The number of rotatable bonds is 2. The van der Waals surface area contributed by atoms with Gasteiger partial charge in [-0.3, -0.25) is 4.79 Å². The van der Waals surface area contributed by atoms with Crippen molar-refractivity contribution in [3.63, 3.8) is 0 Å². The molecule has 2 aromatic heterocycles. The number of nitrogens with zero attached hydrogens (tertiary/aromatic N) is 2. The molecular formula is C8H8N4OS. The molecule has 0 fully saturated rings. The molecule has 0 saturated heterocycles. The van der Waals surface area contributed by atoms with Gasteiger partial charge in [0.05, 0.1) is 5.69 Å². The monoisotopic (exact) mass is 208 g/mol. The van der Waals surface area contributed by atoms with Gasteiger partial charge in [-0.2, -0.15) is 0 Å². The van der Waals surface area contributed by atoms with Crippen LogP contribution in [0.1, 0.15) is 0 Å². The maximum absolute atomic E-state index is 11.1. The van der Waals surface area contributed by atoms with Crippen LogP contribution < -0.4 is 10.7 Å². The van der Waals surface area contributed by atoms with Crippen molar-refractivity contribution in [3.05, 3.63) is 28.6 Å². The van der Waals surface area contributed by atoms with Crippen LogP contribution in [-0.2, 0) is 0 Å². The van der Waals surface area contributed by atoms with Crippen LogP contribution in [0.3, 0.4) is 0 Å². The molecular weight excluding hydrogens is 200 g/mol. The predicted molar refractivity (Wildman–Crippen MR) is 55.5 cm³/mol. The molecule has 0 aliphatic rings. The van der Waals surface area contributed by atoms with Crippen LogP contribution in [0.4, 0.5) is 5.13 Å². The highest BCUT2D eigenvalue weighted by Gasteiger charge is 2.05. The molecule has 2 aromatic rings. The smallest absolute Gasteiger partial charge is 0.205 e. The molecule has 0 bridgehead atoms. The predicted octanol–water partition coefficient (Wildman–Crippen LogP) is 0.935. The fourth-order valence-corrected chi connectivity index (χ4v) is 1.68. The number of nitrogens with one attached hydrogen (secondary N) is 2. The molecule has 0 unspecified atom stereocenters. The molecule has 0 spiro atoms. The van der Waals surface area contributed by atoms with Gasteiger partial charge >= 0.3 is 0 Å². The van der Waals surface area contributed by atoms with Crippen molar-refractivity contribution in [3.8, 4) is 10.7 Å². The Labute approximate surface area is 83.8 Å². The number of anilines is 1. The summed E-state index contributed by atoms with van der Waals surface area (Å²) in [7, 11) is 1.78. The first-order valence-corrected chi connectivity index (χ1v) is 4.81. The van der Waals surface area contributed by atoms with E-state index in [0.717, 1.165) is 5.13 Å². The fraction of sp³-hybridized carbons (Fsp3) is 0.125. The number of hydrogen-bond donors (Lipinski definition) is 2. The van der Waals surface area contributed by atoms with Gasteiger partial charge in [0.15, 0.2) is 10.4 Å². The first kappa shape index (κ1) is 8.89. The minimum absolute atomic E-state index is 0.0417. The molecule has 5 nitrogen and oxygen atoms in total. The van der Waals surface area contributed by atoms with E-state index in [1.807, 2.05) is 0 Å². The van der Waals surface area contributed by atoms with E-state index in [9.17, 15) is 4.79 Å². The summed E-state index contributed by atoms with van der Waals surface area (Å²) < 4.78 is 0. The Hall–Kier alpha value is -1.69. The van der Waals surface area contributed by atoms with E-state index in [2.05, 4.69) is 20.5 Å². The third kappa shape index (κ3) is 1.64. The molecule has 6 heteroatoms. The Bertz CT molecular complexity index is 490. The second-order valence-corrected chi connectivity index (χ2v) is 3.58. The van der Waals surface area contributed by atoms with Gasteiger partial charge in [0.25, 0.3) is 0 Å². The average molecular weight is 208 g/mol. The van der Waals surface area contributed by atoms with E-state index in [1.165, 1.54) is 23.5 Å². The van der Waals surface area contributed by atoms with Crippen molar-refractivity contribution in [2.75, 3.05) is 12.4 Å². The van der Waals surface area contributed by atoms with E-state index < -0.39 is 0 Å². The summed E-state index contributed by atoms with van der Waals surface area (Å²) in [5.41, 5.74) is 0.649.